The number of ether oxygens (including phenoxy) is 6. The highest BCUT2D eigenvalue weighted by molar-refractivity contribution is 6.74. The number of Topliss-reactive ketones (excluding diaryl/α,β-unsaturated/α-hetero) is 1. The van der Waals surface area contributed by atoms with Gasteiger partial charge in [0.1, 0.15) is 41.3 Å². The minimum atomic E-state index is -2.79. The van der Waals surface area contributed by atoms with Gasteiger partial charge in [-0.2, -0.15) is 0 Å². The highest BCUT2D eigenvalue weighted by Crippen LogP contribution is 2.65. The number of furan rings is 1. The highest BCUT2D eigenvalue weighted by Gasteiger charge is 2.79. The van der Waals surface area contributed by atoms with E-state index in [-0.39, 0.29) is 29.9 Å². The number of ketones is 1. The van der Waals surface area contributed by atoms with Crippen molar-refractivity contribution in [3.63, 3.8) is 0 Å². The summed E-state index contributed by atoms with van der Waals surface area (Å²) in [5, 5.41) is 17.3. The molecule has 3 saturated carbocycles. The molecule has 4 aliphatic carbocycles. The van der Waals surface area contributed by atoms with Crippen molar-refractivity contribution < 1.29 is 75.6 Å². The van der Waals surface area contributed by atoms with Crippen molar-refractivity contribution in [1.29, 1.82) is 0 Å². The van der Waals surface area contributed by atoms with Crippen LogP contribution in [0, 0.1) is 22.7 Å². The van der Waals surface area contributed by atoms with Crippen molar-refractivity contribution in [2.75, 3.05) is 6.61 Å². The second kappa shape index (κ2) is 22.2. The van der Waals surface area contributed by atoms with Crippen molar-refractivity contribution >= 4 is 52.4 Å². The summed E-state index contributed by atoms with van der Waals surface area (Å²) in [7, 11) is -5.45. The second-order valence-corrected chi connectivity index (χ2v) is 33.0. The van der Waals surface area contributed by atoms with Crippen molar-refractivity contribution in [3.8, 4) is 0 Å². The standard InChI is InChI=1S/C57H83NO16Si2/c1-15-75(16-2,17-3)73-40-31-41-56(33-67-41,71-50(62)37-28-29-37)46-48(70-49(61)36-25-22-21-23-26-36)57(65)32-39(34(7)42(54(57,12)13)44(68-35(8)59)47(60)55(40,46)14)69-51(63)45(74-76(18-4,19-5)20-6)43(38-27-24-30-66-38)58-52(64)72-53(9,10)11/h21-27,30,37,39-41,43-46,48,65H,15-20,28-29,31-33H2,1-14H3,(H,58,64)/t39-,40-,41+,43-,44+,45+,46?,48-,55+,56-,57+/m0/s1. The van der Waals surface area contributed by atoms with Gasteiger partial charge in [0.2, 0.25) is 0 Å². The van der Waals surface area contributed by atoms with Gasteiger partial charge in [-0.05, 0) is 119 Å². The molecule has 17 nitrogen and oxygen atoms in total. The number of esters is 4. The molecule has 0 radical (unpaired) electrons. The van der Waals surface area contributed by atoms with E-state index in [1.165, 1.54) is 13.2 Å². The number of hydrogen-bond acceptors (Lipinski definition) is 16. The fraction of sp³-hybridized carbons (Fsp3) is 0.684. The molecule has 2 bridgehead atoms. The van der Waals surface area contributed by atoms with Crippen LogP contribution in [0.15, 0.2) is 64.3 Å². The number of nitrogens with one attached hydrogen (secondary N) is 1. The third kappa shape index (κ3) is 10.8. The van der Waals surface area contributed by atoms with Crippen LogP contribution in [0.4, 0.5) is 4.79 Å². The number of hydrogen-bond donors (Lipinski definition) is 2. The molecule has 2 aromatic rings. The number of rotatable bonds is 20. The van der Waals surface area contributed by atoms with Crippen LogP contribution in [0.3, 0.4) is 0 Å². The predicted octanol–water partition coefficient (Wildman–Crippen LogP) is 9.87. The molecule has 7 rings (SSSR count). The van der Waals surface area contributed by atoms with E-state index in [1.807, 2.05) is 20.8 Å². The van der Waals surface area contributed by atoms with Crippen LogP contribution in [-0.4, -0.2) is 118 Å². The normalized spacial score (nSPS) is 30.0. The molecule has 4 fully saturated rings. The van der Waals surface area contributed by atoms with Gasteiger partial charge in [0.05, 0.1) is 41.8 Å². The molecular weight excluding hydrogens is 1010 g/mol. The molecule has 420 valence electrons. The van der Waals surface area contributed by atoms with Gasteiger partial charge in [0.15, 0.2) is 40.2 Å². The maximum Gasteiger partial charge on any atom is 0.408 e. The van der Waals surface area contributed by atoms with Crippen molar-refractivity contribution in [2.24, 2.45) is 22.7 Å². The molecule has 1 aromatic carbocycles. The second-order valence-electron chi connectivity index (χ2n) is 23.5. The SMILES string of the molecule is CC[Si](CC)(CC)O[C@H]1C[C@H]2OC[C@@]2(OC(=O)C2CC2)C2[C@H](OC(=O)c3ccccc3)[C@]3(O)C[C@H](OC(=O)[C@H](O[Si](CC)(CC)CC)[C@@H](NC(=O)OC(C)(C)C)c4ccco4)C(C)=C([C@@H](OC(C)=O)C(=O)[C@@]21C)C3(C)C. The number of aliphatic hydroxyl groups is 1. The van der Waals surface area contributed by atoms with E-state index < -0.39 is 141 Å². The summed E-state index contributed by atoms with van der Waals surface area (Å²) in [6.45, 7) is 25.0. The maximum atomic E-state index is 16.7. The number of carbonyl (C=O) groups excluding carboxylic acids is 6. The lowest BCUT2D eigenvalue weighted by Gasteiger charge is -2.68. The Hall–Kier alpha value is -4.67. The first-order valence-electron chi connectivity index (χ1n) is 27.5. The lowest BCUT2D eigenvalue weighted by molar-refractivity contribution is -0.345. The summed E-state index contributed by atoms with van der Waals surface area (Å²) < 4.78 is 59.0. The monoisotopic (exact) mass is 1090 g/mol. The van der Waals surface area contributed by atoms with Crippen LogP contribution in [0.2, 0.25) is 36.3 Å². The Bertz CT molecular complexity index is 2480. The van der Waals surface area contributed by atoms with Crippen molar-refractivity contribution in [1.82, 2.24) is 5.32 Å². The average Bonchev–Trinajstić information content (AvgIpc) is 4.09. The van der Waals surface area contributed by atoms with E-state index in [1.54, 1.807) is 90.9 Å². The molecular formula is C57H83NO16Si2. The fourth-order valence-corrected chi connectivity index (χ4v) is 18.4. The lowest BCUT2D eigenvalue weighted by atomic mass is 9.44. The zero-order chi connectivity index (χ0) is 56.0. The summed E-state index contributed by atoms with van der Waals surface area (Å²) in [5.74, 6) is -5.36. The first-order chi connectivity index (χ1) is 35.7. The average molecular weight is 1090 g/mol. The van der Waals surface area contributed by atoms with E-state index in [2.05, 4.69) is 26.1 Å². The van der Waals surface area contributed by atoms with Gasteiger partial charge < -0.3 is 52.1 Å². The van der Waals surface area contributed by atoms with Gasteiger partial charge in [-0.1, -0.05) is 73.6 Å². The molecule has 19 heteroatoms. The van der Waals surface area contributed by atoms with Gasteiger partial charge in [0, 0.05) is 25.2 Å². The van der Waals surface area contributed by atoms with Crippen LogP contribution in [0.1, 0.15) is 145 Å². The van der Waals surface area contributed by atoms with Gasteiger partial charge in [-0.3, -0.25) is 14.4 Å². The number of fused-ring (bicyclic) bond motifs is 5. The van der Waals surface area contributed by atoms with Gasteiger partial charge >= 0.3 is 30.0 Å². The molecule has 0 spiro atoms. The Morgan fingerprint density at radius 1 is 0.855 bits per heavy atom. The molecule has 1 saturated heterocycles. The third-order valence-electron chi connectivity index (χ3n) is 18.0. The number of carbonyl (C=O) groups is 6. The molecule has 1 aliphatic heterocycles. The van der Waals surface area contributed by atoms with Crippen LogP contribution < -0.4 is 5.32 Å². The summed E-state index contributed by atoms with van der Waals surface area (Å²) in [6, 6.07) is 14.1. The summed E-state index contributed by atoms with van der Waals surface area (Å²) in [4.78, 5) is 88.9. The molecule has 5 aliphatic rings. The van der Waals surface area contributed by atoms with Crippen molar-refractivity contribution in [3.05, 3.63) is 71.2 Å². The Kier molecular flexibility index (Phi) is 17.3. The zero-order valence-electron chi connectivity index (χ0n) is 47.2. The van der Waals surface area contributed by atoms with Crippen LogP contribution in [0.25, 0.3) is 0 Å². The van der Waals surface area contributed by atoms with Crippen LogP contribution in [0.5, 0.6) is 0 Å². The third-order valence-corrected chi connectivity index (χ3v) is 27.2. The summed E-state index contributed by atoms with van der Waals surface area (Å²) >= 11 is 0. The molecule has 11 atom stereocenters. The zero-order valence-corrected chi connectivity index (χ0v) is 49.2. The minimum absolute atomic E-state index is 0.102. The number of amides is 1. The van der Waals surface area contributed by atoms with Crippen LogP contribution in [-0.2, 0) is 56.5 Å². The molecule has 2 heterocycles. The number of benzene rings is 1. The highest BCUT2D eigenvalue weighted by atomic mass is 28.4. The number of alkyl carbamates (subject to hydrolysis) is 1. The van der Waals surface area contributed by atoms with E-state index >= 15 is 9.59 Å². The molecule has 76 heavy (non-hydrogen) atoms. The van der Waals surface area contributed by atoms with Gasteiger partial charge in [-0.15, -0.1) is 0 Å². The lowest BCUT2D eigenvalue weighted by Crippen LogP contribution is -2.82. The minimum Gasteiger partial charge on any atom is -0.467 e. The Morgan fingerprint density at radius 3 is 1.99 bits per heavy atom. The topological polar surface area (TPSA) is 222 Å². The quantitative estimate of drug-likeness (QED) is 0.0545. The van der Waals surface area contributed by atoms with E-state index in [0.717, 1.165) is 0 Å². The fourth-order valence-electron chi connectivity index (χ4n) is 12.7. The smallest absolute Gasteiger partial charge is 0.408 e. The van der Waals surface area contributed by atoms with E-state index in [0.29, 0.717) is 54.7 Å². The predicted molar refractivity (Wildman–Crippen MR) is 285 cm³/mol. The Morgan fingerprint density at radius 2 is 1.47 bits per heavy atom. The molecule has 2 N–H and O–H groups in total. The molecule has 1 amide bonds. The van der Waals surface area contributed by atoms with E-state index in [9.17, 15) is 24.3 Å². The van der Waals surface area contributed by atoms with Gasteiger partial charge in [0.25, 0.3) is 0 Å². The van der Waals surface area contributed by atoms with Crippen LogP contribution >= 0.6 is 0 Å². The first kappa shape index (κ1) is 59.0. The maximum absolute atomic E-state index is 16.7. The summed E-state index contributed by atoms with van der Waals surface area (Å²) in [6.07, 6.45) is -6.86. The van der Waals surface area contributed by atoms with Crippen molar-refractivity contribution in [2.45, 2.75) is 218 Å². The van der Waals surface area contributed by atoms with E-state index in [4.69, 9.17) is 41.7 Å². The Labute approximate surface area is 450 Å². The molecule has 1 aromatic heterocycles. The first-order valence-corrected chi connectivity index (χ1v) is 32.6. The molecule has 1 unspecified atom stereocenters. The van der Waals surface area contributed by atoms with Gasteiger partial charge in [-0.25, -0.2) is 14.4 Å². The Balaban J connectivity index is 1.49. The largest absolute Gasteiger partial charge is 0.467 e. The summed E-state index contributed by atoms with van der Waals surface area (Å²) in [5.41, 5.74) is -7.82.